The highest BCUT2D eigenvalue weighted by atomic mass is 32.2. The fourth-order valence-electron chi connectivity index (χ4n) is 2.20. The lowest BCUT2D eigenvalue weighted by molar-refractivity contribution is 0.0214. The predicted octanol–water partition coefficient (Wildman–Crippen LogP) is -1.14. The molecular formula is C8H10O9S2. The van der Waals surface area contributed by atoms with Crippen molar-refractivity contribution < 1.29 is 39.4 Å². The second kappa shape index (κ2) is 4.66. The minimum atomic E-state index is -3.59. The molecule has 3 heterocycles. The second-order valence-corrected chi connectivity index (χ2v) is 6.83. The van der Waals surface area contributed by atoms with E-state index in [1.807, 2.05) is 0 Å². The number of hydrogen-bond donors (Lipinski definition) is 0. The molecule has 11 heteroatoms. The van der Waals surface area contributed by atoms with Crippen LogP contribution in [0.25, 0.3) is 0 Å². The van der Waals surface area contributed by atoms with E-state index in [9.17, 15) is 17.4 Å². The molecule has 3 aliphatic rings. The molecule has 3 rings (SSSR count). The maximum Gasteiger partial charge on any atom is 0.509 e. The van der Waals surface area contributed by atoms with Crippen molar-refractivity contribution in [3.8, 4) is 0 Å². The van der Waals surface area contributed by atoms with E-state index in [0.29, 0.717) is 0 Å². The lowest BCUT2D eigenvalue weighted by Crippen LogP contribution is -2.42. The smallest absolute Gasteiger partial charge is 0.426 e. The highest BCUT2D eigenvalue weighted by Crippen LogP contribution is 2.32. The average molecular weight is 314 g/mol. The maximum atomic E-state index is 11.3. The Labute approximate surface area is 111 Å². The van der Waals surface area contributed by atoms with Crippen LogP contribution in [0.2, 0.25) is 0 Å². The zero-order chi connectivity index (χ0) is 13.6. The van der Waals surface area contributed by atoms with Gasteiger partial charge in [0.1, 0.15) is 6.10 Å². The molecule has 0 aromatic heterocycles. The summed E-state index contributed by atoms with van der Waals surface area (Å²) in [5.41, 5.74) is 0. The van der Waals surface area contributed by atoms with E-state index in [1.54, 1.807) is 0 Å². The Hall–Kier alpha value is -0.750. The molecule has 108 valence electrons. The molecule has 5 atom stereocenters. The van der Waals surface area contributed by atoms with Crippen LogP contribution < -0.4 is 0 Å². The molecule has 0 spiro atoms. The van der Waals surface area contributed by atoms with Crippen molar-refractivity contribution in [3.63, 3.8) is 0 Å². The largest absolute Gasteiger partial charge is 0.509 e. The van der Waals surface area contributed by atoms with Gasteiger partial charge in [-0.15, -0.1) is 0 Å². The standard InChI is InChI=1S/C8H10O9S2/c9-8-15-6(4-1-14-19(11,12)3-4)7(16-8)5-2-13-18(10)17-5/h4-7H,1-3H2. The summed E-state index contributed by atoms with van der Waals surface area (Å²) in [5, 5.41) is 0. The van der Waals surface area contributed by atoms with Gasteiger partial charge in [0.05, 0.1) is 19.0 Å². The molecule has 0 aliphatic carbocycles. The Bertz CT molecular complexity index is 514. The van der Waals surface area contributed by atoms with Gasteiger partial charge in [0.25, 0.3) is 10.1 Å². The first-order chi connectivity index (χ1) is 8.94. The summed E-state index contributed by atoms with van der Waals surface area (Å²) in [6.07, 6.45) is -3.35. The van der Waals surface area contributed by atoms with E-state index in [1.165, 1.54) is 0 Å². The van der Waals surface area contributed by atoms with Gasteiger partial charge in [-0.3, -0.25) is 12.5 Å². The third-order valence-electron chi connectivity index (χ3n) is 3.03. The van der Waals surface area contributed by atoms with Crippen LogP contribution in [0, 0.1) is 5.92 Å². The normalized spacial score (nSPS) is 45.1. The van der Waals surface area contributed by atoms with Gasteiger partial charge in [-0.1, -0.05) is 0 Å². The van der Waals surface area contributed by atoms with Gasteiger partial charge in [0.2, 0.25) is 0 Å². The Morgan fingerprint density at radius 3 is 2.47 bits per heavy atom. The molecule has 0 amide bonds. The highest BCUT2D eigenvalue weighted by molar-refractivity contribution is 7.86. The zero-order valence-electron chi connectivity index (χ0n) is 9.42. The predicted molar refractivity (Wildman–Crippen MR) is 57.3 cm³/mol. The van der Waals surface area contributed by atoms with Crippen molar-refractivity contribution >= 4 is 27.6 Å². The van der Waals surface area contributed by atoms with Crippen LogP contribution in [0.5, 0.6) is 0 Å². The Kier molecular flexibility index (Phi) is 3.25. The van der Waals surface area contributed by atoms with E-state index in [2.05, 4.69) is 4.18 Å². The summed E-state index contributed by atoms with van der Waals surface area (Å²) in [7, 11) is -3.59. The number of cyclic esters (lactones) is 2. The van der Waals surface area contributed by atoms with Crippen LogP contribution in [0.1, 0.15) is 0 Å². The number of carbonyl (C=O) groups excluding carboxylic acids is 1. The van der Waals surface area contributed by atoms with Crippen molar-refractivity contribution in [1.82, 2.24) is 0 Å². The van der Waals surface area contributed by atoms with Gasteiger partial charge in [-0.05, 0) is 0 Å². The average Bonchev–Trinajstić information content (AvgIpc) is 2.98. The van der Waals surface area contributed by atoms with E-state index >= 15 is 0 Å². The van der Waals surface area contributed by atoms with E-state index in [4.69, 9.17) is 17.8 Å². The fourth-order valence-corrected chi connectivity index (χ4v) is 4.16. The minimum Gasteiger partial charge on any atom is -0.426 e. The van der Waals surface area contributed by atoms with Gasteiger partial charge >= 0.3 is 17.5 Å². The molecule has 3 fully saturated rings. The molecular weight excluding hydrogens is 304 g/mol. The van der Waals surface area contributed by atoms with Gasteiger partial charge in [0.15, 0.2) is 12.2 Å². The summed E-state index contributed by atoms with van der Waals surface area (Å²) >= 11 is -1.89. The second-order valence-electron chi connectivity index (χ2n) is 4.31. The zero-order valence-corrected chi connectivity index (χ0v) is 11.1. The molecule has 3 saturated heterocycles. The van der Waals surface area contributed by atoms with Gasteiger partial charge in [-0.25, -0.2) is 4.79 Å². The van der Waals surface area contributed by atoms with Crippen LogP contribution in [-0.2, 0) is 43.5 Å². The SMILES string of the molecule is O=C1OC(C2COS(=O)(=O)C2)C(C2COS(=O)O2)O1. The van der Waals surface area contributed by atoms with Crippen LogP contribution >= 0.6 is 0 Å². The Balaban J connectivity index is 1.75. The van der Waals surface area contributed by atoms with Crippen LogP contribution in [-0.4, -0.2) is 56.1 Å². The quantitative estimate of drug-likeness (QED) is 0.461. The third kappa shape index (κ3) is 2.60. The van der Waals surface area contributed by atoms with Crippen LogP contribution in [0.3, 0.4) is 0 Å². The van der Waals surface area contributed by atoms with Crippen molar-refractivity contribution in [1.29, 1.82) is 0 Å². The van der Waals surface area contributed by atoms with Gasteiger partial charge < -0.3 is 9.47 Å². The topological polar surface area (TPSA) is 114 Å². The molecule has 0 radical (unpaired) electrons. The lowest BCUT2D eigenvalue weighted by Gasteiger charge is -2.21. The van der Waals surface area contributed by atoms with Crippen molar-refractivity contribution in [3.05, 3.63) is 0 Å². The summed E-state index contributed by atoms with van der Waals surface area (Å²) in [6.45, 7) is -0.110. The molecule has 0 saturated carbocycles. The van der Waals surface area contributed by atoms with E-state index in [0.717, 1.165) is 0 Å². The number of hydrogen-bond acceptors (Lipinski definition) is 9. The first kappa shape index (κ1) is 13.2. The Morgan fingerprint density at radius 2 is 1.89 bits per heavy atom. The molecule has 0 aromatic carbocycles. The van der Waals surface area contributed by atoms with Crippen LogP contribution in [0.15, 0.2) is 0 Å². The van der Waals surface area contributed by atoms with Gasteiger partial charge in [0, 0.05) is 5.92 Å². The van der Waals surface area contributed by atoms with Crippen molar-refractivity contribution in [2.75, 3.05) is 19.0 Å². The monoisotopic (exact) mass is 314 g/mol. The number of carbonyl (C=O) groups is 1. The molecule has 5 unspecified atom stereocenters. The first-order valence-corrected chi connectivity index (χ1v) is 7.99. The summed E-state index contributed by atoms with van der Waals surface area (Å²) in [6, 6.07) is 0. The lowest BCUT2D eigenvalue weighted by atomic mass is 9.97. The van der Waals surface area contributed by atoms with E-state index in [-0.39, 0.29) is 19.0 Å². The molecule has 3 aliphatic heterocycles. The number of ether oxygens (including phenoxy) is 2. The highest BCUT2D eigenvalue weighted by Gasteiger charge is 2.52. The van der Waals surface area contributed by atoms with E-state index < -0.39 is 51.9 Å². The minimum absolute atomic E-state index is 0.0231. The fraction of sp³-hybridized carbons (Fsp3) is 0.875. The molecule has 0 N–H and O–H groups in total. The number of rotatable bonds is 2. The van der Waals surface area contributed by atoms with Gasteiger partial charge in [-0.2, -0.15) is 12.6 Å². The molecule has 0 bridgehead atoms. The third-order valence-corrected chi connectivity index (χ3v) is 5.09. The first-order valence-electron chi connectivity index (χ1n) is 5.41. The summed E-state index contributed by atoms with van der Waals surface area (Å²) < 4.78 is 57.7. The summed E-state index contributed by atoms with van der Waals surface area (Å²) in [4.78, 5) is 11.2. The molecule has 0 aromatic rings. The van der Waals surface area contributed by atoms with Crippen molar-refractivity contribution in [2.45, 2.75) is 18.3 Å². The maximum absolute atomic E-state index is 11.3. The molecule has 19 heavy (non-hydrogen) atoms. The van der Waals surface area contributed by atoms with Crippen molar-refractivity contribution in [2.24, 2.45) is 5.92 Å². The Morgan fingerprint density at radius 1 is 1.16 bits per heavy atom. The van der Waals surface area contributed by atoms with Crippen LogP contribution in [0.4, 0.5) is 4.79 Å². The molecule has 9 nitrogen and oxygen atoms in total. The summed E-state index contributed by atoms with van der Waals surface area (Å²) in [5.74, 6) is -0.805.